The van der Waals surface area contributed by atoms with Crippen molar-refractivity contribution in [1.29, 1.82) is 5.26 Å². The molecule has 0 saturated heterocycles. The van der Waals surface area contributed by atoms with Crippen LogP contribution in [0.5, 0.6) is 0 Å². The molecule has 0 spiro atoms. The fourth-order valence-electron chi connectivity index (χ4n) is 1.63. The van der Waals surface area contributed by atoms with Crippen LogP contribution in [0.3, 0.4) is 0 Å². The van der Waals surface area contributed by atoms with Crippen molar-refractivity contribution in [3.63, 3.8) is 0 Å². The maximum Gasteiger partial charge on any atom is 0.180 e. The predicted molar refractivity (Wildman–Crippen MR) is 65.2 cm³/mol. The molecule has 2 N–H and O–H groups in total. The first-order chi connectivity index (χ1) is 7.70. The molecule has 1 heterocycles. The summed E-state index contributed by atoms with van der Waals surface area (Å²) in [4.78, 5) is 5.09. The summed E-state index contributed by atoms with van der Waals surface area (Å²) in [6.07, 6.45) is 2.49. The van der Waals surface area contributed by atoms with Gasteiger partial charge in [0.05, 0.1) is 11.6 Å². The maximum atomic E-state index is 9.10. The van der Waals surface area contributed by atoms with Crippen LogP contribution in [0.25, 0.3) is 0 Å². The third kappa shape index (κ3) is 2.05. The van der Waals surface area contributed by atoms with Crippen LogP contribution < -0.4 is 5.73 Å². The van der Waals surface area contributed by atoms with Gasteiger partial charge >= 0.3 is 0 Å². The van der Waals surface area contributed by atoms with Crippen LogP contribution in [0.2, 0.25) is 0 Å². The number of nitriles is 1. The number of nitrogen functional groups attached to an aromatic ring is 1. The molecule has 0 aliphatic rings. The average Bonchev–Trinajstić information content (AvgIpc) is 2.64. The summed E-state index contributed by atoms with van der Waals surface area (Å²) in [5.74, 6) is 0. The van der Waals surface area contributed by atoms with E-state index in [1.54, 1.807) is 6.20 Å². The molecule has 80 valence electrons. The number of nitrogens with zero attached hydrogens (tertiary/aromatic N) is 2. The zero-order valence-electron chi connectivity index (χ0n) is 8.90. The lowest BCUT2D eigenvalue weighted by Gasteiger charge is -2.04. The molecular weight excluding hydrogens is 218 g/mol. The second-order valence-electron chi connectivity index (χ2n) is 3.56. The largest absolute Gasteiger partial charge is 0.375 e. The molecule has 0 fully saturated rings. The number of aromatic nitrogens is 1. The smallest absolute Gasteiger partial charge is 0.180 e. The molecule has 0 radical (unpaired) electrons. The second kappa shape index (κ2) is 4.33. The van der Waals surface area contributed by atoms with Crippen molar-refractivity contribution < 1.29 is 0 Å². The Kier molecular flexibility index (Phi) is 2.88. The zero-order valence-corrected chi connectivity index (χ0v) is 9.71. The van der Waals surface area contributed by atoms with E-state index in [9.17, 15) is 0 Å². The van der Waals surface area contributed by atoms with Gasteiger partial charge in [0.2, 0.25) is 0 Å². The van der Waals surface area contributed by atoms with Gasteiger partial charge < -0.3 is 5.73 Å². The van der Waals surface area contributed by atoms with E-state index >= 15 is 0 Å². The molecule has 16 heavy (non-hydrogen) atoms. The van der Waals surface area contributed by atoms with E-state index in [0.717, 1.165) is 28.0 Å². The predicted octanol–water partition coefficient (Wildman–Crippen LogP) is 2.50. The van der Waals surface area contributed by atoms with Gasteiger partial charge in [-0.05, 0) is 18.1 Å². The Hall–Kier alpha value is -1.86. The Bertz CT molecular complexity index is 552. The molecule has 0 unspecified atom stereocenters. The van der Waals surface area contributed by atoms with Crippen LogP contribution in [0.15, 0.2) is 24.4 Å². The lowest BCUT2D eigenvalue weighted by Crippen LogP contribution is -1.93. The molecule has 4 heteroatoms. The van der Waals surface area contributed by atoms with Gasteiger partial charge in [0.1, 0.15) is 0 Å². The normalized spacial score (nSPS) is 10.0. The SMILES string of the molecule is Cc1cccc(Cc2cnc(N)s2)c1C#N. The summed E-state index contributed by atoms with van der Waals surface area (Å²) < 4.78 is 0. The van der Waals surface area contributed by atoms with Crippen LogP contribution in [-0.2, 0) is 6.42 Å². The standard InChI is InChI=1S/C12H11N3S/c1-8-3-2-4-9(11(8)6-13)5-10-7-15-12(14)16-10/h2-4,7H,5H2,1H3,(H2,14,15). The molecule has 2 rings (SSSR count). The lowest BCUT2D eigenvalue weighted by atomic mass is 10.0. The van der Waals surface area contributed by atoms with Gasteiger partial charge in [-0.15, -0.1) is 11.3 Å². The number of anilines is 1. The van der Waals surface area contributed by atoms with Gasteiger partial charge in [-0.25, -0.2) is 4.98 Å². The highest BCUT2D eigenvalue weighted by atomic mass is 32.1. The van der Waals surface area contributed by atoms with Gasteiger partial charge in [-0.3, -0.25) is 0 Å². The zero-order chi connectivity index (χ0) is 11.5. The van der Waals surface area contributed by atoms with E-state index in [-0.39, 0.29) is 0 Å². The Morgan fingerprint density at radius 2 is 2.31 bits per heavy atom. The summed E-state index contributed by atoms with van der Waals surface area (Å²) in [6.45, 7) is 1.95. The summed E-state index contributed by atoms with van der Waals surface area (Å²) >= 11 is 1.46. The first-order valence-corrected chi connectivity index (χ1v) is 5.71. The Morgan fingerprint density at radius 1 is 1.50 bits per heavy atom. The molecule has 0 aliphatic carbocycles. The number of thiazole rings is 1. The average molecular weight is 229 g/mol. The molecule has 1 aromatic carbocycles. The third-order valence-corrected chi connectivity index (χ3v) is 3.23. The van der Waals surface area contributed by atoms with Crippen molar-refractivity contribution in [3.05, 3.63) is 46.0 Å². The lowest BCUT2D eigenvalue weighted by molar-refractivity contribution is 1.18. The molecule has 3 nitrogen and oxygen atoms in total. The van der Waals surface area contributed by atoms with Gasteiger partial charge in [0.25, 0.3) is 0 Å². The molecule has 0 saturated carbocycles. The first-order valence-electron chi connectivity index (χ1n) is 4.89. The van der Waals surface area contributed by atoms with Crippen molar-refractivity contribution >= 4 is 16.5 Å². The van der Waals surface area contributed by atoms with Crippen LogP contribution in [0.1, 0.15) is 21.6 Å². The number of aryl methyl sites for hydroxylation is 1. The molecule has 0 atom stereocenters. The molecule has 0 amide bonds. The van der Waals surface area contributed by atoms with Crippen molar-refractivity contribution in [2.75, 3.05) is 5.73 Å². The van der Waals surface area contributed by atoms with Crippen molar-refractivity contribution in [2.24, 2.45) is 0 Å². The Balaban J connectivity index is 2.35. The quantitative estimate of drug-likeness (QED) is 0.860. The fourth-order valence-corrected chi connectivity index (χ4v) is 2.34. The van der Waals surface area contributed by atoms with Gasteiger partial charge in [-0.1, -0.05) is 18.2 Å². The van der Waals surface area contributed by atoms with Crippen LogP contribution in [0, 0.1) is 18.3 Å². The highest BCUT2D eigenvalue weighted by molar-refractivity contribution is 7.15. The summed E-state index contributed by atoms with van der Waals surface area (Å²) in [5, 5.41) is 9.67. The van der Waals surface area contributed by atoms with Crippen molar-refractivity contribution in [2.45, 2.75) is 13.3 Å². The first kappa shape index (κ1) is 10.7. The van der Waals surface area contributed by atoms with Crippen molar-refractivity contribution in [3.8, 4) is 6.07 Å². The van der Waals surface area contributed by atoms with Gasteiger partial charge in [0, 0.05) is 17.5 Å². The number of rotatable bonds is 2. The number of hydrogen-bond donors (Lipinski definition) is 1. The second-order valence-corrected chi connectivity index (χ2v) is 4.71. The van der Waals surface area contributed by atoms with E-state index in [0.29, 0.717) is 5.13 Å². The summed E-state index contributed by atoms with van der Waals surface area (Å²) in [5.41, 5.74) is 8.38. The van der Waals surface area contributed by atoms with E-state index in [1.165, 1.54) is 11.3 Å². The summed E-state index contributed by atoms with van der Waals surface area (Å²) in [7, 11) is 0. The highest BCUT2D eigenvalue weighted by Crippen LogP contribution is 2.21. The molecule has 1 aromatic heterocycles. The van der Waals surface area contributed by atoms with E-state index in [4.69, 9.17) is 11.0 Å². The molecule has 2 aromatic rings. The molecule has 0 aliphatic heterocycles. The van der Waals surface area contributed by atoms with Crippen molar-refractivity contribution in [1.82, 2.24) is 4.98 Å². The third-order valence-electron chi connectivity index (χ3n) is 2.41. The maximum absolute atomic E-state index is 9.10. The minimum absolute atomic E-state index is 0.571. The Morgan fingerprint density at radius 3 is 2.94 bits per heavy atom. The Labute approximate surface area is 98.2 Å². The minimum Gasteiger partial charge on any atom is -0.375 e. The molecule has 0 bridgehead atoms. The number of benzene rings is 1. The highest BCUT2D eigenvalue weighted by Gasteiger charge is 2.07. The topological polar surface area (TPSA) is 62.7 Å². The van der Waals surface area contributed by atoms with E-state index in [1.807, 2.05) is 25.1 Å². The van der Waals surface area contributed by atoms with Crippen LogP contribution >= 0.6 is 11.3 Å². The van der Waals surface area contributed by atoms with Crippen LogP contribution in [-0.4, -0.2) is 4.98 Å². The minimum atomic E-state index is 0.571. The van der Waals surface area contributed by atoms with Gasteiger partial charge in [-0.2, -0.15) is 5.26 Å². The van der Waals surface area contributed by atoms with E-state index < -0.39 is 0 Å². The number of nitrogens with two attached hydrogens (primary N) is 1. The monoisotopic (exact) mass is 229 g/mol. The fraction of sp³-hybridized carbons (Fsp3) is 0.167. The summed E-state index contributed by atoms with van der Waals surface area (Å²) in [6, 6.07) is 8.13. The number of hydrogen-bond acceptors (Lipinski definition) is 4. The van der Waals surface area contributed by atoms with Gasteiger partial charge in [0.15, 0.2) is 5.13 Å². The van der Waals surface area contributed by atoms with E-state index in [2.05, 4.69) is 11.1 Å². The van der Waals surface area contributed by atoms with Crippen LogP contribution in [0.4, 0.5) is 5.13 Å². The molecular formula is C12H11N3S.